The third kappa shape index (κ3) is 6.08. The van der Waals surface area contributed by atoms with Gasteiger partial charge in [-0.2, -0.15) is 0 Å². The van der Waals surface area contributed by atoms with E-state index in [4.69, 9.17) is 0 Å². The van der Waals surface area contributed by atoms with Gasteiger partial charge in [-0.05, 0) is 24.5 Å². The lowest BCUT2D eigenvalue weighted by molar-refractivity contribution is 0.340. The van der Waals surface area contributed by atoms with Crippen molar-refractivity contribution >= 4 is 6.21 Å². The van der Waals surface area contributed by atoms with E-state index in [9.17, 15) is 0 Å². The first-order valence-corrected chi connectivity index (χ1v) is 4.53. The van der Waals surface area contributed by atoms with E-state index in [0.29, 0.717) is 5.41 Å². The Labute approximate surface area is 70.9 Å². The quantitative estimate of drug-likeness (QED) is 0.540. The van der Waals surface area contributed by atoms with Crippen LogP contribution in [0.5, 0.6) is 0 Å². The van der Waals surface area contributed by atoms with Gasteiger partial charge in [0.1, 0.15) is 0 Å². The molecule has 0 unspecified atom stereocenters. The maximum Gasteiger partial charge on any atom is 0.0273 e. The van der Waals surface area contributed by atoms with Crippen molar-refractivity contribution in [2.45, 2.75) is 46.5 Å². The standard InChI is InChI=1S/C10H21N/c1-5-6-7-10(2,3)8-9-11-4/h9H,5-8H2,1-4H3. The van der Waals surface area contributed by atoms with Gasteiger partial charge in [0, 0.05) is 7.05 Å². The van der Waals surface area contributed by atoms with Crippen molar-refractivity contribution in [2.75, 3.05) is 7.05 Å². The Morgan fingerprint density at radius 2 is 2.00 bits per heavy atom. The molecule has 0 spiro atoms. The van der Waals surface area contributed by atoms with Crippen LogP contribution < -0.4 is 0 Å². The number of hydrogen-bond acceptors (Lipinski definition) is 1. The molecule has 0 atom stereocenters. The highest BCUT2D eigenvalue weighted by atomic mass is 14.6. The summed E-state index contributed by atoms with van der Waals surface area (Å²) in [6.45, 7) is 6.86. The minimum atomic E-state index is 0.454. The summed E-state index contributed by atoms with van der Waals surface area (Å²) in [5.74, 6) is 0. The fraction of sp³-hybridized carbons (Fsp3) is 0.900. The van der Waals surface area contributed by atoms with E-state index in [1.807, 2.05) is 13.3 Å². The summed E-state index contributed by atoms with van der Waals surface area (Å²) in [6, 6.07) is 0. The highest BCUT2D eigenvalue weighted by Crippen LogP contribution is 2.25. The fourth-order valence-corrected chi connectivity index (χ4v) is 1.10. The lowest BCUT2D eigenvalue weighted by atomic mass is 9.84. The molecule has 0 saturated carbocycles. The third-order valence-corrected chi connectivity index (χ3v) is 2.03. The van der Waals surface area contributed by atoms with Gasteiger partial charge in [0.05, 0.1) is 0 Å². The van der Waals surface area contributed by atoms with E-state index in [2.05, 4.69) is 25.8 Å². The number of rotatable bonds is 5. The van der Waals surface area contributed by atoms with Crippen molar-refractivity contribution in [1.82, 2.24) is 0 Å². The molecule has 0 heterocycles. The number of unbranched alkanes of at least 4 members (excludes halogenated alkanes) is 1. The molecule has 0 aliphatic heterocycles. The summed E-state index contributed by atoms with van der Waals surface area (Å²) in [5, 5.41) is 0. The summed E-state index contributed by atoms with van der Waals surface area (Å²) in [6.07, 6.45) is 7.09. The maximum atomic E-state index is 4.00. The van der Waals surface area contributed by atoms with Crippen molar-refractivity contribution in [1.29, 1.82) is 0 Å². The first-order chi connectivity index (χ1) is 5.12. The molecule has 66 valence electrons. The summed E-state index contributed by atoms with van der Waals surface area (Å²) in [4.78, 5) is 4.00. The molecule has 0 amide bonds. The van der Waals surface area contributed by atoms with Gasteiger partial charge in [-0.1, -0.05) is 33.6 Å². The molecule has 0 fully saturated rings. The van der Waals surface area contributed by atoms with Crippen LogP contribution in [0.4, 0.5) is 0 Å². The second-order valence-electron chi connectivity index (χ2n) is 3.91. The third-order valence-electron chi connectivity index (χ3n) is 2.03. The normalized spacial score (nSPS) is 12.7. The summed E-state index contributed by atoms with van der Waals surface area (Å²) in [5.41, 5.74) is 0.454. The highest BCUT2D eigenvalue weighted by Gasteiger charge is 2.14. The van der Waals surface area contributed by atoms with Crippen LogP contribution in [0.2, 0.25) is 0 Å². The lowest BCUT2D eigenvalue weighted by Gasteiger charge is -2.21. The molecular formula is C10H21N. The van der Waals surface area contributed by atoms with Crippen molar-refractivity contribution < 1.29 is 0 Å². The minimum Gasteiger partial charge on any atom is -0.301 e. The van der Waals surface area contributed by atoms with E-state index in [-0.39, 0.29) is 0 Å². The van der Waals surface area contributed by atoms with Crippen molar-refractivity contribution in [3.63, 3.8) is 0 Å². The van der Waals surface area contributed by atoms with Crippen LogP contribution in [0.25, 0.3) is 0 Å². The van der Waals surface area contributed by atoms with E-state index < -0.39 is 0 Å². The Balaban J connectivity index is 3.60. The molecular weight excluding hydrogens is 134 g/mol. The zero-order valence-electron chi connectivity index (χ0n) is 8.35. The molecule has 0 bridgehead atoms. The van der Waals surface area contributed by atoms with E-state index in [0.717, 1.165) is 6.42 Å². The predicted octanol–water partition coefficient (Wildman–Crippen LogP) is 3.29. The Kier molecular flexibility index (Phi) is 5.18. The second-order valence-corrected chi connectivity index (χ2v) is 3.91. The fourth-order valence-electron chi connectivity index (χ4n) is 1.10. The van der Waals surface area contributed by atoms with Gasteiger partial charge in [0.2, 0.25) is 0 Å². The smallest absolute Gasteiger partial charge is 0.0273 e. The van der Waals surface area contributed by atoms with Crippen LogP contribution in [-0.4, -0.2) is 13.3 Å². The lowest BCUT2D eigenvalue weighted by Crippen LogP contribution is -2.11. The van der Waals surface area contributed by atoms with Crippen LogP contribution >= 0.6 is 0 Å². The first-order valence-electron chi connectivity index (χ1n) is 4.53. The molecule has 1 nitrogen and oxygen atoms in total. The highest BCUT2D eigenvalue weighted by molar-refractivity contribution is 5.57. The van der Waals surface area contributed by atoms with Crippen LogP contribution in [0.1, 0.15) is 46.5 Å². The molecule has 0 N–H and O–H groups in total. The monoisotopic (exact) mass is 155 g/mol. The van der Waals surface area contributed by atoms with Crippen LogP contribution in [-0.2, 0) is 0 Å². The van der Waals surface area contributed by atoms with Crippen LogP contribution in [0.15, 0.2) is 4.99 Å². The molecule has 0 radical (unpaired) electrons. The molecule has 11 heavy (non-hydrogen) atoms. The summed E-state index contributed by atoms with van der Waals surface area (Å²) < 4.78 is 0. The maximum absolute atomic E-state index is 4.00. The van der Waals surface area contributed by atoms with Gasteiger partial charge in [0.25, 0.3) is 0 Å². The van der Waals surface area contributed by atoms with Crippen LogP contribution in [0, 0.1) is 5.41 Å². The molecule has 1 heteroatoms. The van der Waals surface area contributed by atoms with Gasteiger partial charge >= 0.3 is 0 Å². The first kappa shape index (κ1) is 10.7. The van der Waals surface area contributed by atoms with E-state index in [1.54, 1.807) is 0 Å². The molecule has 0 saturated heterocycles. The summed E-state index contributed by atoms with van der Waals surface area (Å²) >= 11 is 0. The zero-order valence-corrected chi connectivity index (χ0v) is 8.35. The molecule has 0 rings (SSSR count). The molecule has 0 aromatic carbocycles. The minimum absolute atomic E-state index is 0.454. The second kappa shape index (κ2) is 5.34. The van der Waals surface area contributed by atoms with Gasteiger partial charge < -0.3 is 4.99 Å². The van der Waals surface area contributed by atoms with E-state index in [1.165, 1.54) is 19.3 Å². The SMILES string of the molecule is CCCCC(C)(C)CC=NC. The average Bonchev–Trinajstić information content (AvgIpc) is 1.97. The zero-order chi connectivity index (χ0) is 8.74. The average molecular weight is 155 g/mol. The van der Waals surface area contributed by atoms with Gasteiger partial charge in [0.15, 0.2) is 0 Å². The van der Waals surface area contributed by atoms with Crippen molar-refractivity contribution in [2.24, 2.45) is 10.4 Å². The number of aliphatic imine (C=N–C) groups is 1. The Bertz CT molecular complexity index is 114. The number of nitrogens with zero attached hydrogens (tertiary/aromatic N) is 1. The Hall–Kier alpha value is -0.330. The van der Waals surface area contributed by atoms with Crippen LogP contribution in [0.3, 0.4) is 0 Å². The van der Waals surface area contributed by atoms with Gasteiger partial charge in [-0.25, -0.2) is 0 Å². The Morgan fingerprint density at radius 3 is 2.45 bits per heavy atom. The van der Waals surface area contributed by atoms with Gasteiger partial charge in [-0.15, -0.1) is 0 Å². The van der Waals surface area contributed by atoms with E-state index >= 15 is 0 Å². The predicted molar refractivity (Wildman–Crippen MR) is 52.3 cm³/mol. The van der Waals surface area contributed by atoms with Crippen molar-refractivity contribution in [3.05, 3.63) is 0 Å². The molecule has 0 aromatic heterocycles. The molecule has 0 aromatic rings. The molecule has 0 aliphatic rings. The van der Waals surface area contributed by atoms with Crippen molar-refractivity contribution in [3.8, 4) is 0 Å². The summed E-state index contributed by atoms with van der Waals surface area (Å²) in [7, 11) is 1.84. The number of hydrogen-bond donors (Lipinski definition) is 0. The Morgan fingerprint density at radius 1 is 1.36 bits per heavy atom. The topological polar surface area (TPSA) is 12.4 Å². The molecule has 0 aliphatic carbocycles. The van der Waals surface area contributed by atoms with Gasteiger partial charge in [-0.3, -0.25) is 0 Å². The largest absolute Gasteiger partial charge is 0.301 e.